The first-order valence-corrected chi connectivity index (χ1v) is 11.7. The van der Waals surface area contributed by atoms with Crippen LogP contribution >= 0.6 is 11.8 Å². The van der Waals surface area contributed by atoms with Gasteiger partial charge in [-0.2, -0.15) is 4.98 Å². The lowest BCUT2D eigenvalue weighted by Gasteiger charge is -2.23. The molecule has 0 saturated heterocycles. The molecule has 0 bridgehead atoms. The van der Waals surface area contributed by atoms with Crippen LogP contribution in [0.25, 0.3) is 0 Å². The molecule has 0 spiro atoms. The molecule has 164 valence electrons. The predicted octanol–water partition coefficient (Wildman–Crippen LogP) is 2.88. The maximum atomic E-state index is 12.8. The van der Waals surface area contributed by atoms with Crippen LogP contribution in [0.2, 0.25) is 0 Å². The van der Waals surface area contributed by atoms with Crippen molar-refractivity contribution in [3.05, 3.63) is 33.6 Å². The molecule has 9 heteroatoms. The number of nitrogens with zero attached hydrogens (tertiary/aromatic N) is 4. The minimum Gasteiger partial charge on any atom is -0.360 e. The fourth-order valence-corrected chi connectivity index (χ4v) is 4.70. The molecule has 0 atom stereocenters. The van der Waals surface area contributed by atoms with Gasteiger partial charge in [0.25, 0.3) is 0 Å². The van der Waals surface area contributed by atoms with Gasteiger partial charge in [0, 0.05) is 23.9 Å². The Morgan fingerprint density at radius 1 is 1.30 bits per heavy atom. The summed E-state index contributed by atoms with van der Waals surface area (Å²) in [5.74, 6) is 1.02. The molecule has 0 saturated carbocycles. The molecule has 1 amide bonds. The average Bonchev–Trinajstić information content (AvgIpc) is 3.15. The Kier molecular flexibility index (Phi) is 8.09. The van der Waals surface area contributed by atoms with Crippen LogP contribution < -0.4 is 11.0 Å². The van der Waals surface area contributed by atoms with Crippen molar-refractivity contribution in [1.29, 1.82) is 0 Å². The molecule has 1 aliphatic rings. The summed E-state index contributed by atoms with van der Waals surface area (Å²) >= 11 is 1.32. The monoisotopic (exact) mass is 433 g/mol. The first-order valence-electron chi connectivity index (χ1n) is 10.7. The van der Waals surface area contributed by atoms with Crippen LogP contribution in [0.15, 0.2) is 20.4 Å². The Morgan fingerprint density at radius 3 is 2.77 bits per heavy atom. The number of hydrogen-bond acceptors (Lipinski definition) is 7. The van der Waals surface area contributed by atoms with Gasteiger partial charge in [0.05, 0.1) is 5.75 Å². The van der Waals surface area contributed by atoms with E-state index in [9.17, 15) is 9.59 Å². The Labute approximate surface area is 181 Å². The molecule has 0 aliphatic heterocycles. The molecule has 0 aromatic carbocycles. The van der Waals surface area contributed by atoms with Crippen molar-refractivity contribution in [2.45, 2.75) is 64.4 Å². The van der Waals surface area contributed by atoms with Crippen LogP contribution in [0.3, 0.4) is 0 Å². The van der Waals surface area contributed by atoms with Crippen molar-refractivity contribution >= 4 is 23.5 Å². The fourth-order valence-electron chi connectivity index (χ4n) is 3.83. The highest BCUT2D eigenvalue weighted by Crippen LogP contribution is 2.28. The summed E-state index contributed by atoms with van der Waals surface area (Å²) in [5.41, 5.74) is 2.04. The second-order valence-electron chi connectivity index (χ2n) is 7.52. The van der Waals surface area contributed by atoms with E-state index < -0.39 is 0 Å². The van der Waals surface area contributed by atoms with Crippen molar-refractivity contribution < 1.29 is 9.32 Å². The zero-order valence-corrected chi connectivity index (χ0v) is 18.9. The van der Waals surface area contributed by atoms with Crippen LogP contribution in [0.5, 0.6) is 0 Å². The molecule has 0 fully saturated rings. The first-order chi connectivity index (χ1) is 14.5. The number of nitrogens with one attached hydrogen (secondary N) is 1. The summed E-state index contributed by atoms with van der Waals surface area (Å²) in [6, 6.07) is 1.67. The van der Waals surface area contributed by atoms with Crippen molar-refractivity contribution in [3.8, 4) is 0 Å². The van der Waals surface area contributed by atoms with E-state index in [4.69, 9.17) is 4.52 Å². The van der Waals surface area contributed by atoms with E-state index in [-0.39, 0.29) is 17.3 Å². The number of carbonyl (C=O) groups is 1. The zero-order valence-electron chi connectivity index (χ0n) is 18.1. The molecule has 0 unspecified atom stereocenters. The van der Waals surface area contributed by atoms with Crippen molar-refractivity contribution in [2.24, 2.45) is 0 Å². The molecule has 2 aromatic rings. The van der Waals surface area contributed by atoms with E-state index in [1.807, 2.05) is 4.57 Å². The van der Waals surface area contributed by atoms with Gasteiger partial charge in [0.1, 0.15) is 10.8 Å². The van der Waals surface area contributed by atoms with Gasteiger partial charge >= 0.3 is 5.69 Å². The minimum atomic E-state index is -0.203. The summed E-state index contributed by atoms with van der Waals surface area (Å²) in [6.07, 6.45) is 4.91. The maximum absolute atomic E-state index is 12.8. The molecule has 2 heterocycles. The molecular weight excluding hydrogens is 402 g/mol. The van der Waals surface area contributed by atoms with Crippen LogP contribution in [0.1, 0.15) is 50.1 Å². The van der Waals surface area contributed by atoms with E-state index in [0.717, 1.165) is 63.0 Å². The number of aryl methyl sites for hydroxylation is 1. The van der Waals surface area contributed by atoms with E-state index in [1.54, 1.807) is 13.0 Å². The van der Waals surface area contributed by atoms with Crippen molar-refractivity contribution in [1.82, 2.24) is 19.6 Å². The number of rotatable bonds is 10. The van der Waals surface area contributed by atoms with E-state index >= 15 is 0 Å². The maximum Gasteiger partial charge on any atom is 0.348 e. The lowest BCUT2D eigenvalue weighted by atomic mass is 9.97. The average molecular weight is 434 g/mol. The molecule has 1 aliphatic carbocycles. The Hall–Kier alpha value is -2.13. The molecule has 1 N–H and O–H groups in total. The largest absolute Gasteiger partial charge is 0.360 e. The topological polar surface area (TPSA) is 93.3 Å². The van der Waals surface area contributed by atoms with Gasteiger partial charge in [0.15, 0.2) is 5.82 Å². The van der Waals surface area contributed by atoms with Crippen LogP contribution in [-0.2, 0) is 24.2 Å². The molecular formula is C21H31N5O3S. The quantitative estimate of drug-likeness (QED) is 0.455. The third-order valence-corrected chi connectivity index (χ3v) is 6.45. The molecule has 2 aromatic heterocycles. The van der Waals surface area contributed by atoms with Gasteiger partial charge in [-0.15, -0.1) is 0 Å². The van der Waals surface area contributed by atoms with Crippen LogP contribution in [0, 0.1) is 6.92 Å². The van der Waals surface area contributed by atoms with Crippen LogP contribution in [0.4, 0.5) is 5.82 Å². The Balaban J connectivity index is 1.69. The molecule has 30 heavy (non-hydrogen) atoms. The van der Waals surface area contributed by atoms with Gasteiger partial charge in [-0.1, -0.05) is 30.8 Å². The van der Waals surface area contributed by atoms with Gasteiger partial charge in [-0.05, 0) is 58.7 Å². The summed E-state index contributed by atoms with van der Waals surface area (Å²) in [7, 11) is 0. The lowest BCUT2D eigenvalue weighted by molar-refractivity contribution is -0.113. The molecule has 8 nitrogen and oxygen atoms in total. The number of hydrogen-bond donors (Lipinski definition) is 1. The van der Waals surface area contributed by atoms with Gasteiger partial charge < -0.3 is 14.7 Å². The standard InChI is InChI=1S/C21H31N5O3S/c1-4-25(5-2)11-8-12-26-17-10-7-6-9-16(17)20(23-21(26)28)30-14-19(27)22-18-13-15(3)29-24-18/h13H,4-12,14H2,1-3H3,(H,22,24,27). The number of thioether (sulfide) groups is 1. The summed E-state index contributed by atoms with van der Waals surface area (Å²) in [4.78, 5) is 31.7. The third kappa shape index (κ3) is 5.72. The van der Waals surface area contributed by atoms with Gasteiger partial charge in [-0.3, -0.25) is 9.36 Å². The van der Waals surface area contributed by atoms with E-state index in [1.165, 1.54) is 11.8 Å². The Bertz CT molecular complexity index is 920. The zero-order chi connectivity index (χ0) is 21.5. The highest BCUT2D eigenvalue weighted by molar-refractivity contribution is 8.00. The second-order valence-corrected chi connectivity index (χ2v) is 8.49. The number of carbonyl (C=O) groups excluding carboxylic acids is 1. The summed E-state index contributed by atoms with van der Waals surface area (Å²) < 4.78 is 6.82. The molecule has 0 radical (unpaired) electrons. The number of fused-ring (bicyclic) bond motifs is 1. The smallest absolute Gasteiger partial charge is 0.348 e. The SMILES string of the molecule is CCN(CC)CCCn1c2c(c(SCC(=O)Nc3cc(C)on3)nc1=O)CCCC2. The highest BCUT2D eigenvalue weighted by atomic mass is 32.2. The van der Waals surface area contributed by atoms with Crippen molar-refractivity contribution in [3.63, 3.8) is 0 Å². The van der Waals surface area contributed by atoms with E-state index in [2.05, 4.69) is 34.2 Å². The third-order valence-electron chi connectivity index (χ3n) is 5.44. The summed E-state index contributed by atoms with van der Waals surface area (Å²) in [6.45, 7) is 9.80. The van der Waals surface area contributed by atoms with Gasteiger partial charge in [-0.25, -0.2) is 4.79 Å². The first kappa shape index (κ1) is 22.6. The Morgan fingerprint density at radius 2 is 2.07 bits per heavy atom. The summed E-state index contributed by atoms with van der Waals surface area (Å²) in [5, 5.41) is 7.17. The second kappa shape index (κ2) is 10.8. The normalized spacial score (nSPS) is 13.5. The number of amides is 1. The lowest BCUT2D eigenvalue weighted by Crippen LogP contribution is -2.32. The van der Waals surface area contributed by atoms with E-state index in [0.29, 0.717) is 23.1 Å². The number of aromatic nitrogens is 3. The minimum absolute atomic E-state index is 0.177. The van der Waals surface area contributed by atoms with Gasteiger partial charge in [0.2, 0.25) is 5.91 Å². The molecule has 3 rings (SSSR count). The predicted molar refractivity (Wildman–Crippen MR) is 118 cm³/mol. The van der Waals surface area contributed by atoms with Crippen LogP contribution in [-0.4, -0.2) is 50.9 Å². The number of anilines is 1. The highest BCUT2D eigenvalue weighted by Gasteiger charge is 2.21. The fraction of sp³-hybridized carbons (Fsp3) is 0.619. The van der Waals surface area contributed by atoms with Crippen molar-refractivity contribution in [2.75, 3.05) is 30.7 Å².